The van der Waals surface area contributed by atoms with Crippen LogP contribution >= 0.6 is 34.7 Å². The molecule has 0 saturated carbocycles. The third kappa shape index (κ3) is 3.56. The molecule has 4 aromatic rings. The van der Waals surface area contributed by atoms with Crippen molar-refractivity contribution in [3.05, 3.63) is 58.6 Å². The van der Waals surface area contributed by atoms with Crippen molar-refractivity contribution in [3.8, 4) is 22.0 Å². The molecule has 0 N–H and O–H groups in total. The largest absolute Gasteiger partial charge is 0.360 e. The van der Waals surface area contributed by atoms with Gasteiger partial charge in [-0.3, -0.25) is 0 Å². The van der Waals surface area contributed by atoms with Crippen LogP contribution in [0.3, 0.4) is 0 Å². The Labute approximate surface area is 164 Å². The maximum atomic E-state index is 5.93. The second-order valence-electron chi connectivity index (χ2n) is 5.50. The minimum absolute atomic E-state index is 0.642. The van der Waals surface area contributed by atoms with Crippen molar-refractivity contribution in [1.82, 2.24) is 19.9 Å². The highest BCUT2D eigenvalue weighted by Crippen LogP contribution is 2.29. The Bertz CT molecular complexity index is 993. The van der Waals surface area contributed by atoms with Crippen molar-refractivity contribution < 1.29 is 4.52 Å². The van der Waals surface area contributed by atoms with Crippen LogP contribution in [0.2, 0.25) is 5.02 Å². The maximum Gasteiger partial charge on any atom is 0.191 e. The lowest BCUT2D eigenvalue weighted by atomic mass is 10.1. The topological polar surface area (TPSA) is 56.7 Å². The first-order chi connectivity index (χ1) is 12.7. The van der Waals surface area contributed by atoms with Crippen LogP contribution in [0.4, 0.5) is 0 Å². The van der Waals surface area contributed by atoms with Gasteiger partial charge in [-0.1, -0.05) is 46.7 Å². The summed E-state index contributed by atoms with van der Waals surface area (Å²) in [5, 5.41) is 16.5. The number of thiophene rings is 1. The summed E-state index contributed by atoms with van der Waals surface area (Å²) in [5.41, 5.74) is 1.78. The molecule has 0 spiro atoms. The summed E-state index contributed by atoms with van der Waals surface area (Å²) in [6, 6.07) is 13.6. The normalized spacial score (nSPS) is 11.2. The lowest BCUT2D eigenvalue weighted by molar-refractivity contribution is 0.397. The van der Waals surface area contributed by atoms with Crippen LogP contribution in [-0.2, 0) is 12.3 Å². The van der Waals surface area contributed by atoms with Gasteiger partial charge in [0.05, 0.1) is 10.6 Å². The smallest absolute Gasteiger partial charge is 0.191 e. The Morgan fingerprint density at radius 3 is 2.77 bits per heavy atom. The van der Waals surface area contributed by atoms with Gasteiger partial charge in [-0.25, -0.2) is 0 Å². The van der Waals surface area contributed by atoms with Gasteiger partial charge in [-0.15, -0.1) is 21.5 Å². The average Bonchev–Trinajstić information content (AvgIpc) is 3.40. The molecule has 0 bridgehead atoms. The molecule has 0 aliphatic rings. The van der Waals surface area contributed by atoms with Crippen LogP contribution < -0.4 is 0 Å². The third-order valence-corrected chi connectivity index (χ3v) is 5.92. The minimum atomic E-state index is 0.642. The number of aromatic nitrogens is 4. The summed E-state index contributed by atoms with van der Waals surface area (Å²) in [6.45, 7) is 2.91. The standard InChI is InChI=1S/C18H15ClN4OS2/c1-2-23-17(16-4-3-9-25-16)20-21-18(23)26-11-14-10-15(22-24-14)12-5-7-13(19)8-6-12/h3-10H,2,11H2,1H3. The lowest BCUT2D eigenvalue weighted by Crippen LogP contribution is -1.98. The molecule has 0 aliphatic heterocycles. The zero-order valence-corrected chi connectivity index (χ0v) is 16.3. The Balaban J connectivity index is 1.49. The molecule has 1 aromatic carbocycles. The SMILES string of the molecule is CCn1c(SCc2cc(-c3ccc(Cl)cc3)no2)nnc1-c1cccs1. The summed E-state index contributed by atoms with van der Waals surface area (Å²) >= 11 is 9.19. The van der Waals surface area contributed by atoms with E-state index in [0.717, 1.165) is 39.4 Å². The van der Waals surface area contributed by atoms with Crippen LogP contribution in [0.5, 0.6) is 0 Å². The summed E-state index contributed by atoms with van der Waals surface area (Å²) < 4.78 is 7.58. The van der Waals surface area contributed by atoms with E-state index in [0.29, 0.717) is 10.8 Å². The van der Waals surface area contributed by atoms with Crippen molar-refractivity contribution in [2.45, 2.75) is 24.4 Å². The molecular weight excluding hydrogens is 388 g/mol. The highest BCUT2D eigenvalue weighted by molar-refractivity contribution is 7.98. The predicted molar refractivity (Wildman–Crippen MR) is 106 cm³/mol. The van der Waals surface area contributed by atoms with Gasteiger partial charge in [0, 0.05) is 23.2 Å². The average molecular weight is 403 g/mol. The zero-order valence-electron chi connectivity index (χ0n) is 13.9. The van der Waals surface area contributed by atoms with Gasteiger partial charge >= 0.3 is 0 Å². The Morgan fingerprint density at radius 1 is 1.19 bits per heavy atom. The van der Waals surface area contributed by atoms with Gasteiger partial charge in [0.25, 0.3) is 0 Å². The van der Waals surface area contributed by atoms with E-state index in [1.807, 2.05) is 41.8 Å². The third-order valence-electron chi connectivity index (χ3n) is 3.82. The molecule has 0 fully saturated rings. The van der Waals surface area contributed by atoms with Crippen molar-refractivity contribution >= 4 is 34.7 Å². The number of rotatable bonds is 6. The minimum Gasteiger partial charge on any atom is -0.360 e. The van der Waals surface area contributed by atoms with E-state index in [9.17, 15) is 0 Å². The Morgan fingerprint density at radius 2 is 2.04 bits per heavy atom. The number of hydrogen-bond donors (Lipinski definition) is 0. The number of hydrogen-bond acceptors (Lipinski definition) is 6. The first-order valence-corrected chi connectivity index (χ1v) is 10.3. The number of thioether (sulfide) groups is 1. The van der Waals surface area contributed by atoms with E-state index in [1.54, 1.807) is 23.1 Å². The van der Waals surface area contributed by atoms with Crippen LogP contribution in [0.15, 0.2) is 57.5 Å². The second-order valence-corrected chi connectivity index (χ2v) is 7.83. The van der Waals surface area contributed by atoms with Crippen molar-refractivity contribution in [1.29, 1.82) is 0 Å². The van der Waals surface area contributed by atoms with E-state index < -0.39 is 0 Å². The monoisotopic (exact) mass is 402 g/mol. The fourth-order valence-electron chi connectivity index (χ4n) is 2.54. The Hall–Kier alpha value is -2.09. The number of nitrogens with zero attached hydrogens (tertiary/aromatic N) is 4. The molecule has 0 aliphatic carbocycles. The van der Waals surface area contributed by atoms with Crippen LogP contribution in [-0.4, -0.2) is 19.9 Å². The number of halogens is 1. The van der Waals surface area contributed by atoms with Crippen molar-refractivity contribution in [2.24, 2.45) is 0 Å². The van der Waals surface area contributed by atoms with E-state index in [1.165, 1.54) is 0 Å². The summed E-state index contributed by atoms with van der Waals surface area (Å²) in [7, 11) is 0. The molecule has 26 heavy (non-hydrogen) atoms. The molecule has 3 aromatic heterocycles. The molecule has 8 heteroatoms. The van der Waals surface area contributed by atoms with Gasteiger partial charge in [-0.05, 0) is 30.5 Å². The van der Waals surface area contributed by atoms with Crippen LogP contribution in [0, 0.1) is 0 Å². The van der Waals surface area contributed by atoms with Gasteiger partial charge in [0.1, 0.15) is 11.5 Å². The summed E-state index contributed by atoms with van der Waals surface area (Å²) in [4.78, 5) is 1.12. The molecule has 3 heterocycles. The van der Waals surface area contributed by atoms with E-state index in [2.05, 4.69) is 32.9 Å². The maximum absolute atomic E-state index is 5.93. The molecule has 5 nitrogen and oxygen atoms in total. The summed E-state index contributed by atoms with van der Waals surface area (Å²) in [5.74, 6) is 2.34. The predicted octanol–water partition coefficient (Wildman–Crippen LogP) is 5.63. The lowest BCUT2D eigenvalue weighted by Gasteiger charge is -2.04. The second kappa shape index (κ2) is 7.65. The van der Waals surface area contributed by atoms with E-state index >= 15 is 0 Å². The van der Waals surface area contributed by atoms with Crippen LogP contribution in [0.25, 0.3) is 22.0 Å². The van der Waals surface area contributed by atoms with Gasteiger partial charge in [-0.2, -0.15) is 0 Å². The highest BCUT2D eigenvalue weighted by Gasteiger charge is 2.15. The first-order valence-electron chi connectivity index (χ1n) is 8.06. The zero-order chi connectivity index (χ0) is 17.9. The summed E-state index contributed by atoms with van der Waals surface area (Å²) in [6.07, 6.45) is 0. The van der Waals surface area contributed by atoms with Crippen LogP contribution in [0.1, 0.15) is 12.7 Å². The molecular formula is C18H15ClN4OS2. The Kier molecular flexibility index (Phi) is 5.10. The fraction of sp³-hybridized carbons (Fsp3) is 0.167. The molecule has 0 radical (unpaired) electrons. The fourth-order valence-corrected chi connectivity index (χ4v) is 4.26. The van der Waals surface area contributed by atoms with Gasteiger partial charge < -0.3 is 9.09 Å². The van der Waals surface area contributed by atoms with Crippen molar-refractivity contribution in [3.63, 3.8) is 0 Å². The van der Waals surface area contributed by atoms with E-state index in [-0.39, 0.29) is 0 Å². The quantitative estimate of drug-likeness (QED) is 0.391. The first kappa shape index (κ1) is 17.3. The van der Waals surface area contributed by atoms with E-state index in [4.69, 9.17) is 16.1 Å². The molecule has 132 valence electrons. The van der Waals surface area contributed by atoms with Crippen molar-refractivity contribution in [2.75, 3.05) is 0 Å². The molecule has 0 unspecified atom stereocenters. The highest BCUT2D eigenvalue weighted by atomic mass is 35.5. The van der Waals surface area contributed by atoms with Gasteiger partial charge in [0.2, 0.25) is 0 Å². The number of benzene rings is 1. The molecule has 0 amide bonds. The molecule has 0 atom stereocenters. The molecule has 0 saturated heterocycles. The van der Waals surface area contributed by atoms with Gasteiger partial charge in [0.15, 0.2) is 11.0 Å². The molecule has 4 rings (SSSR count).